The lowest BCUT2D eigenvalue weighted by molar-refractivity contribution is 0.0507. The molecule has 212 valence electrons. The summed E-state index contributed by atoms with van der Waals surface area (Å²) in [5.41, 5.74) is 4.26. The third-order valence-electron chi connectivity index (χ3n) is 8.08. The summed E-state index contributed by atoms with van der Waals surface area (Å²) in [6.07, 6.45) is 3.60. The Morgan fingerprint density at radius 2 is 1.85 bits per heavy atom. The van der Waals surface area contributed by atoms with Crippen LogP contribution in [0, 0.1) is 6.92 Å². The van der Waals surface area contributed by atoms with Gasteiger partial charge in [0.2, 0.25) is 5.90 Å². The molecule has 2 aliphatic heterocycles. The van der Waals surface area contributed by atoms with Crippen molar-refractivity contribution >= 4 is 23.2 Å². The standard InChI is InChI=1S/C31H45ClN6O/c1-7-27-21-37(30-14-13-29(35-23(30)4)31(33-6)39-24(5)34-8-2)22(3)19-38(27)28-15-17-36(18-16-28)20-25-9-11-26(32)12-10-25/h9-14,22,27-28,34H,5,7-8,15-21H2,1-4,6H3/b33-31-/t22-,27+/m1/s1. The van der Waals surface area contributed by atoms with Gasteiger partial charge in [0.25, 0.3) is 0 Å². The molecule has 2 fully saturated rings. The largest absolute Gasteiger partial charge is 0.422 e. The number of likely N-dealkylation sites (tertiary alicyclic amines) is 1. The van der Waals surface area contributed by atoms with E-state index in [0.29, 0.717) is 29.9 Å². The number of hydrogen-bond acceptors (Lipinski definition) is 7. The average Bonchev–Trinajstić information content (AvgIpc) is 2.93. The second kappa shape index (κ2) is 13.6. The summed E-state index contributed by atoms with van der Waals surface area (Å²) in [4.78, 5) is 17.1. The molecule has 3 heterocycles. The molecule has 8 heteroatoms. The van der Waals surface area contributed by atoms with Gasteiger partial charge in [0.1, 0.15) is 5.69 Å². The maximum Gasteiger partial charge on any atom is 0.242 e. The summed E-state index contributed by atoms with van der Waals surface area (Å²) < 4.78 is 5.80. The van der Waals surface area contributed by atoms with E-state index in [2.05, 4.69) is 70.6 Å². The Hall–Kier alpha value is -2.61. The molecule has 0 bridgehead atoms. The summed E-state index contributed by atoms with van der Waals surface area (Å²) in [6.45, 7) is 18.8. The zero-order valence-electron chi connectivity index (χ0n) is 24.3. The Balaban J connectivity index is 1.38. The quantitative estimate of drug-likeness (QED) is 0.253. The molecule has 1 aromatic heterocycles. The Labute approximate surface area is 239 Å². The summed E-state index contributed by atoms with van der Waals surface area (Å²) in [6, 6.07) is 14.1. The molecule has 2 atom stereocenters. The van der Waals surface area contributed by atoms with E-state index < -0.39 is 0 Å². The molecule has 39 heavy (non-hydrogen) atoms. The van der Waals surface area contributed by atoms with E-state index in [9.17, 15) is 0 Å². The van der Waals surface area contributed by atoms with Crippen LogP contribution in [-0.2, 0) is 11.3 Å². The van der Waals surface area contributed by atoms with Gasteiger partial charge in [-0.05, 0) is 89.5 Å². The van der Waals surface area contributed by atoms with Crippen molar-refractivity contribution < 1.29 is 4.74 Å². The van der Waals surface area contributed by atoms with Crippen LogP contribution in [0.5, 0.6) is 0 Å². The van der Waals surface area contributed by atoms with Crippen LogP contribution in [0.2, 0.25) is 5.02 Å². The first-order valence-corrected chi connectivity index (χ1v) is 14.7. The highest BCUT2D eigenvalue weighted by atomic mass is 35.5. The Morgan fingerprint density at radius 1 is 1.13 bits per heavy atom. The molecular weight excluding hydrogens is 508 g/mol. The number of aromatic nitrogens is 1. The van der Waals surface area contributed by atoms with Crippen molar-refractivity contribution in [1.82, 2.24) is 20.1 Å². The van der Waals surface area contributed by atoms with E-state index >= 15 is 0 Å². The molecule has 0 unspecified atom stereocenters. The lowest BCUT2D eigenvalue weighted by Crippen LogP contribution is -2.61. The molecule has 1 N–H and O–H groups in total. The fourth-order valence-electron chi connectivity index (χ4n) is 6.01. The van der Waals surface area contributed by atoms with Gasteiger partial charge < -0.3 is 15.0 Å². The molecule has 7 nitrogen and oxygen atoms in total. The number of rotatable bonds is 9. The van der Waals surface area contributed by atoms with Crippen molar-refractivity contribution in [1.29, 1.82) is 0 Å². The first kappa shape index (κ1) is 29.4. The monoisotopic (exact) mass is 552 g/mol. The van der Waals surface area contributed by atoms with Gasteiger partial charge in [0, 0.05) is 56.4 Å². The van der Waals surface area contributed by atoms with Gasteiger partial charge >= 0.3 is 0 Å². The number of halogens is 1. The van der Waals surface area contributed by atoms with Crippen LogP contribution in [0.25, 0.3) is 0 Å². The number of pyridine rings is 1. The van der Waals surface area contributed by atoms with E-state index in [4.69, 9.17) is 21.3 Å². The third kappa shape index (κ3) is 7.33. The van der Waals surface area contributed by atoms with E-state index in [-0.39, 0.29) is 0 Å². The maximum absolute atomic E-state index is 6.07. The number of aryl methyl sites for hydroxylation is 1. The molecule has 0 spiro atoms. The molecule has 0 saturated carbocycles. The second-order valence-corrected chi connectivity index (χ2v) is 11.2. The molecule has 4 rings (SSSR count). The first-order valence-electron chi connectivity index (χ1n) is 14.4. The smallest absolute Gasteiger partial charge is 0.242 e. The third-order valence-corrected chi connectivity index (χ3v) is 8.34. The molecular formula is C31H45ClN6O. The molecule has 2 aromatic rings. The minimum Gasteiger partial charge on any atom is -0.422 e. The Morgan fingerprint density at radius 3 is 2.46 bits per heavy atom. The van der Waals surface area contributed by atoms with Gasteiger partial charge in [-0.1, -0.05) is 30.7 Å². The number of ether oxygens (including phenoxy) is 1. The summed E-state index contributed by atoms with van der Waals surface area (Å²) in [5, 5.41) is 3.88. The van der Waals surface area contributed by atoms with Gasteiger partial charge in [0.05, 0.1) is 11.4 Å². The molecule has 2 saturated heterocycles. The lowest BCUT2D eigenvalue weighted by atomic mass is 9.95. The number of anilines is 1. The molecule has 1 aromatic carbocycles. The number of benzene rings is 1. The van der Waals surface area contributed by atoms with Crippen LogP contribution in [0.3, 0.4) is 0 Å². The van der Waals surface area contributed by atoms with Crippen LogP contribution < -0.4 is 10.2 Å². The Kier molecular flexibility index (Phi) is 10.3. The van der Waals surface area contributed by atoms with E-state index in [1.807, 2.05) is 25.1 Å². The van der Waals surface area contributed by atoms with Crippen molar-refractivity contribution in [2.24, 2.45) is 4.99 Å². The minimum atomic E-state index is 0.412. The van der Waals surface area contributed by atoms with Gasteiger partial charge in [-0.3, -0.25) is 14.8 Å². The van der Waals surface area contributed by atoms with Crippen molar-refractivity contribution in [2.75, 3.05) is 44.7 Å². The highest BCUT2D eigenvalue weighted by Crippen LogP contribution is 2.31. The number of hydrogen-bond donors (Lipinski definition) is 1. The van der Waals surface area contributed by atoms with Crippen molar-refractivity contribution in [3.63, 3.8) is 0 Å². The Bertz CT molecular complexity index is 1130. The second-order valence-electron chi connectivity index (χ2n) is 10.8. The van der Waals surface area contributed by atoms with Crippen LogP contribution in [0.4, 0.5) is 5.69 Å². The first-order chi connectivity index (χ1) is 18.8. The normalized spacial score (nSPS) is 21.7. The summed E-state index contributed by atoms with van der Waals surface area (Å²) >= 11 is 6.07. The average molecular weight is 553 g/mol. The topological polar surface area (TPSA) is 56.2 Å². The van der Waals surface area contributed by atoms with Crippen LogP contribution in [0.15, 0.2) is 53.9 Å². The maximum atomic E-state index is 6.07. The zero-order chi connectivity index (χ0) is 27.9. The van der Waals surface area contributed by atoms with Gasteiger partial charge in [-0.25, -0.2) is 4.98 Å². The highest BCUT2D eigenvalue weighted by molar-refractivity contribution is 6.30. The number of nitrogens with zero attached hydrogens (tertiary/aromatic N) is 5. The fraction of sp³-hybridized carbons (Fsp3) is 0.548. The minimum absolute atomic E-state index is 0.412. The summed E-state index contributed by atoms with van der Waals surface area (Å²) in [7, 11) is 1.72. The lowest BCUT2D eigenvalue weighted by Gasteiger charge is -2.51. The van der Waals surface area contributed by atoms with Crippen LogP contribution in [-0.4, -0.2) is 78.6 Å². The van der Waals surface area contributed by atoms with Crippen molar-refractivity contribution in [3.8, 4) is 0 Å². The summed E-state index contributed by atoms with van der Waals surface area (Å²) in [5.74, 6) is 0.954. The van der Waals surface area contributed by atoms with Gasteiger partial charge in [0.15, 0.2) is 5.88 Å². The number of nitrogens with one attached hydrogen (secondary N) is 1. The predicted octanol–water partition coefficient (Wildman–Crippen LogP) is 5.47. The van der Waals surface area contributed by atoms with E-state index in [1.54, 1.807) is 7.05 Å². The zero-order valence-corrected chi connectivity index (χ0v) is 25.0. The molecule has 2 aliphatic rings. The molecule has 0 aliphatic carbocycles. The van der Waals surface area contributed by atoms with E-state index in [0.717, 1.165) is 62.1 Å². The van der Waals surface area contributed by atoms with Gasteiger partial charge in [-0.15, -0.1) is 0 Å². The number of piperidine rings is 1. The van der Waals surface area contributed by atoms with Crippen LogP contribution in [0.1, 0.15) is 57.0 Å². The number of piperazine rings is 1. The molecule has 0 amide bonds. The highest BCUT2D eigenvalue weighted by Gasteiger charge is 2.36. The van der Waals surface area contributed by atoms with Gasteiger partial charge in [-0.2, -0.15) is 0 Å². The number of aliphatic imine (C=N–C) groups is 1. The molecule has 0 radical (unpaired) electrons. The van der Waals surface area contributed by atoms with Crippen molar-refractivity contribution in [3.05, 3.63) is 70.8 Å². The SMILES string of the molecule is C=C(NCC)O/C(=N\C)c1ccc(N2C[C@H](CC)N(C3CCN(Cc4ccc(Cl)cc4)CC3)C[C@H]2C)c(C)n1. The van der Waals surface area contributed by atoms with Crippen LogP contribution >= 0.6 is 11.6 Å². The van der Waals surface area contributed by atoms with Crippen molar-refractivity contribution in [2.45, 2.75) is 71.6 Å². The predicted molar refractivity (Wildman–Crippen MR) is 163 cm³/mol. The fourth-order valence-corrected chi connectivity index (χ4v) is 6.13. The van der Waals surface area contributed by atoms with E-state index in [1.165, 1.54) is 24.1 Å².